The fourth-order valence-corrected chi connectivity index (χ4v) is 6.41. The number of hydrogen-bond donors (Lipinski definition) is 2. The normalized spacial score (nSPS) is 18.1. The van der Waals surface area contributed by atoms with Crippen LogP contribution in [0.15, 0.2) is 57.8 Å². The van der Waals surface area contributed by atoms with Crippen molar-refractivity contribution >= 4 is 22.9 Å². The molecule has 240 valence electrons. The van der Waals surface area contributed by atoms with Crippen LogP contribution in [0.25, 0.3) is 22.8 Å². The number of nitrogens with zero attached hydrogens (tertiary/aromatic N) is 6. The number of nitrogens with one attached hydrogen (secondary N) is 2. The summed E-state index contributed by atoms with van der Waals surface area (Å²) in [5.41, 5.74) is 1.55. The molecule has 1 aliphatic heterocycles. The van der Waals surface area contributed by atoms with Gasteiger partial charge in [-0.15, -0.1) is 0 Å². The zero-order chi connectivity index (χ0) is 32.0. The van der Waals surface area contributed by atoms with E-state index in [4.69, 9.17) is 14.5 Å². The largest absolute Gasteiger partial charge is 0.439 e. The van der Waals surface area contributed by atoms with Gasteiger partial charge in [-0.1, -0.05) is 35.8 Å². The van der Waals surface area contributed by atoms with Crippen molar-refractivity contribution in [3.63, 3.8) is 0 Å². The Bertz CT molecular complexity index is 1910. The predicted octanol–water partition coefficient (Wildman–Crippen LogP) is 6.71. The first-order valence-corrected chi connectivity index (χ1v) is 15.4. The van der Waals surface area contributed by atoms with Crippen LogP contribution < -0.4 is 16.0 Å². The lowest BCUT2D eigenvalue weighted by Crippen LogP contribution is -2.35. The van der Waals surface area contributed by atoms with Gasteiger partial charge in [0.1, 0.15) is 11.3 Å². The Balaban J connectivity index is 1.41. The summed E-state index contributed by atoms with van der Waals surface area (Å²) in [6, 6.07) is 11.4. The van der Waals surface area contributed by atoms with E-state index in [0.29, 0.717) is 41.0 Å². The Morgan fingerprint density at radius 3 is 2.52 bits per heavy atom. The quantitative estimate of drug-likeness (QED) is 0.181. The van der Waals surface area contributed by atoms with E-state index in [1.54, 1.807) is 6.07 Å². The summed E-state index contributed by atoms with van der Waals surface area (Å²) in [5.74, 6) is 0.473. The molecule has 1 aliphatic carbocycles. The van der Waals surface area contributed by atoms with Crippen LogP contribution in [-0.4, -0.2) is 42.2 Å². The molecule has 5 aromatic rings. The molecule has 46 heavy (non-hydrogen) atoms. The third-order valence-corrected chi connectivity index (χ3v) is 9.07. The van der Waals surface area contributed by atoms with Crippen molar-refractivity contribution in [3.8, 4) is 11.6 Å². The lowest BCUT2D eigenvalue weighted by molar-refractivity contribution is -0.137. The lowest BCUT2D eigenvalue weighted by Gasteiger charge is -2.37. The van der Waals surface area contributed by atoms with Gasteiger partial charge in [-0.05, 0) is 80.3 Å². The molecule has 2 atom stereocenters. The van der Waals surface area contributed by atoms with Gasteiger partial charge in [-0.3, -0.25) is 9.51 Å². The maximum atomic E-state index is 14.4. The molecule has 1 saturated carbocycles. The fraction of sp³-hybridized carbons (Fsp3) is 0.406. The number of alkyl halides is 3. The van der Waals surface area contributed by atoms with Gasteiger partial charge in [-0.25, -0.2) is 19.2 Å². The number of fused-ring (bicyclic) bond motifs is 1. The molecular weight excluding hydrogens is 604 g/mol. The summed E-state index contributed by atoms with van der Waals surface area (Å²) in [5, 5.41) is 7.33. The number of aromatic nitrogens is 6. The highest BCUT2D eigenvalue weighted by atomic mass is 19.4. The minimum absolute atomic E-state index is 0.0423. The van der Waals surface area contributed by atoms with Gasteiger partial charge in [0.15, 0.2) is 11.5 Å². The zero-order valence-corrected chi connectivity index (χ0v) is 25.0. The first kappa shape index (κ1) is 29.9. The van der Waals surface area contributed by atoms with Crippen LogP contribution in [0.5, 0.6) is 0 Å². The van der Waals surface area contributed by atoms with E-state index >= 15 is 0 Å². The average Bonchev–Trinajstić information content (AvgIpc) is 3.59. The number of H-pyrrole nitrogens is 1. The number of benzene rings is 2. The number of piperidine rings is 1. The predicted molar refractivity (Wildman–Crippen MR) is 163 cm³/mol. The Labute approximate surface area is 260 Å². The van der Waals surface area contributed by atoms with Crippen LogP contribution in [0, 0.1) is 11.7 Å². The standard InChI is InChI=1S/C32H32F4N8O2/c1-18(20-6-4-7-20)37-26-25-27(39-28(38-26)29-41-31(45)46-42-29)40-30(44(25)17-19-11-13-22(14-12-19)32(34,35)36)43-15-3-2-10-24(43)21-8-5-9-23(33)16-21/h5,8-9,11-14,16,18,20,24H,2-4,6-7,10,15,17H2,1H3,(H,37,38,39)(H,41,42,45)/t18-,24?/m1/s1. The van der Waals surface area contributed by atoms with Crippen molar-refractivity contribution < 1.29 is 22.1 Å². The SMILES string of the molecule is C[C@@H](Nc1nc(-c2noc(=O)[nH]2)nc2nc(N3CCCCC3c3cccc(F)c3)n(Cc3ccc(C(F)(F)F)cc3)c12)C1CCC1. The van der Waals surface area contributed by atoms with Crippen LogP contribution in [0.1, 0.15) is 68.2 Å². The molecule has 2 aromatic carbocycles. The smallest absolute Gasteiger partial charge is 0.365 e. The molecule has 0 amide bonds. The van der Waals surface area contributed by atoms with E-state index in [1.165, 1.54) is 24.3 Å². The number of imidazole rings is 1. The minimum Gasteiger partial charge on any atom is -0.365 e. The maximum absolute atomic E-state index is 14.4. The van der Waals surface area contributed by atoms with Crippen LogP contribution in [0.4, 0.5) is 29.3 Å². The van der Waals surface area contributed by atoms with E-state index in [2.05, 4.69) is 32.3 Å². The van der Waals surface area contributed by atoms with Crippen LogP contribution in [0.2, 0.25) is 0 Å². The summed E-state index contributed by atoms with van der Waals surface area (Å²) in [7, 11) is 0. The van der Waals surface area contributed by atoms with Gasteiger partial charge < -0.3 is 14.8 Å². The van der Waals surface area contributed by atoms with Crippen LogP contribution >= 0.6 is 0 Å². The van der Waals surface area contributed by atoms with Gasteiger partial charge in [0.2, 0.25) is 17.6 Å². The number of halogens is 4. The number of anilines is 2. The molecule has 0 radical (unpaired) electrons. The molecule has 1 saturated heterocycles. The summed E-state index contributed by atoms with van der Waals surface area (Å²) in [6.07, 6.45) is 1.40. The molecule has 0 bridgehead atoms. The van der Waals surface area contributed by atoms with E-state index in [0.717, 1.165) is 56.2 Å². The first-order chi connectivity index (χ1) is 22.1. The van der Waals surface area contributed by atoms with Crippen molar-refractivity contribution in [2.45, 2.75) is 70.3 Å². The molecule has 14 heteroatoms. The van der Waals surface area contributed by atoms with E-state index in [1.807, 2.05) is 10.6 Å². The highest BCUT2D eigenvalue weighted by Gasteiger charge is 2.33. The molecule has 7 rings (SSSR count). The Kier molecular flexibility index (Phi) is 7.73. The molecule has 2 N–H and O–H groups in total. The van der Waals surface area contributed by atoms with Crippen LogP contribution in [0.3, 0.4) is 0 Å². The minimum atomic E-state index is -4.46. The second kappa shape index (κ2) is 11.9. The molecule has 0 spiro atoms. The number of aromatic amines is 1. The van der Waals surface area contributed by atoms with Crippen molar-refractivity contribution in [1.82, 2.24) is 29.7 Å². The third-order valence-electron chi connectivity index (χ3n) is 9.07. The van der Waals surface area contributed by atoms with Crippen molar-refractivity contribution in [3.05, 3.63) is 81.6 Å². The highest BCUT2D eigenvalue weighted by Crippen LogP contribution is 2.39. The van der Waals surface area contributed by atoms with Gasteiger partial charge >= 0.3 is 11.9 Å². The molecule has 4 heterocycles. The average molecular weight is 637 g/mol. The summed E-state index contributed by atoms with van der Waals surface area (Å²) in [6.45, 7) is 2.87. The molecule has 2 aliphatic rings. The van der Waals surface area contributed by atoms with Crippen molar-refractivity contribution in [1.29, 1.82) is 0 Å². The number of rotatable bonds is 8. The molecule has 2 fully saturated rings. The topological polar surface area (TPSA) is 118 Å². The van der Waals surface area contributed by atoms with Gasteiger partial charge in [0, 0.05) is 12.6 Å². The molecule has 3 aromatic heterocycles. The van der Waals surface area contributed by atoms with Gasteiger partial charge in [0.25, 0.3) is 0 Å². The highest BCUT2D eigenvalue weighted by molar-refractivity contribution is 5.87. The first-order valence-electron chi connectivity index (χ1n) is 15.4. The lowest BCUT2D eigenvalue weighted by atomic mass is 9.80. The summed E-state index contributed by atoms with van der Waals surface area (Å²) < 4.78 is 61.2. The third kappa shape index (κ3) is 5.83. The Morgan fingerprint density at radius 1 is 1.04 bits per heavy atom. The van der Waals surface area contributed by atoms with Gasteiger partial charge in [0.05, 0.1) is 18.2 Å². The molecule has 1 unspecified atom stereocenters. The van der Waals surface area contributed by atoms with Crippen molar-refractivity contribution in [2.24, 2.45) is 5.92 Å². The number of hydrogen-bond acceptors (Lipinski definition) is 8. The van der Waals surface area contributed by atoms with Gasteiger partial charge in [-0.2, -0.15) is 18.2 Å². The summed E-state index contributed by atoms with van der Waals surface area (Å²) in [4.78, 5) is 30.8. The van der Waals surface area contributed by atoms with Crippen LogP contribution in [-0.2, 0) is 12.7 Å². The monoisotopic (exact) mass is 636 g/mol. The zero-order valence-electron chi connectivity index (χ0n) is 25.0. The van der Waals surface area contributed by atoms with E-state index in [9.17, 15) is 22.4 Å². The Morgan fingerprint density at radius 2 is 1.85 bits per heavy atom. The second-order valence-corrected chi connectivity index (χ2v) is 12.1. The second-order valence-electron chi connectivity index (χ2n) is 12.1. The molecule has 10 nitrogen and oxygen atoms in total. The maximum Gasteiger partial charge on any atom is 0.439 e. The summed E-state index contributed by atoms with van der Waals surface area (Å²) >= 11 is 0. The Hall–Kier alpha value is -4.75. The molecular formula is C32H32F4N8O2. The van der Waals surface area contributed by atoms with E-state index < -0.39 is 17.5 Å². The fourth-order valence-electron chi connectivity index (χ4n) is 6.41. The van der Waals surface area contributed by atoms with Crippen molar-refractivity contribution in [2.75, 3.05) is 16.8 Å². The van der Waals surface area contributed by atoms with E-state index in [-0.39, 0.29) is 36.1 Å².